The minimum Gasteiger partial charge on any atom is -0.130 e. The lowest BCUT2D eigenvalue weighted by Crippen LogP contribution is -1.91. The Morgan fingerprint density at radius 1 is 1.64 bits per heavy atom. The van der Waals surface area contributed by atoms with Crippen molar-refractivity contribution in [3.63, 3.8) is 0 Å². The van der Waals surface area contributed by atoms with Crippen molar-refractivity contribution < 1.29 is 0 Å². The van der Waals surface area contributed by atoms with Gasteiger partial charge in [0.15, 0.2) is 0 Å². The van der Waals surface area contributed by atoms with E-state index in [4.69, 9.17) is 0 Å². The van der Waals surface area contributed by atoms with E-state index in [9.17, 15) is 0 Å². The Morgan fingerprint density at radius 2 is 2.45 bits per heavy atom. The van der Waals surface area contributed by atoms with Gasteiger partial charge in [0.1, 0.15) is 0 Å². The fourth-order valence-electron chi connectivity index (χ4n) is 1.83. The van der Waals surface area contributed by atoms with E-state index >= 15 is 0 Å². The highest BCUT2D eigenvalue weighted by Gasteiger charge is 2.17. The minimum atomic E-state index is 0.958. The normalized spacial score (nSPS) is 23.7. The molecule has 0 spiro atoms. The number of allylic oxidation sites excluding steroid dienone is 1. The molecule has 0 aromatic rings. The van der Waals surface area contributed by atoms with Crippen molar-refractivity contribution in [2.24, 2.45) is 5.92 Å². The number of rotatable bonds is 3. The van der Waals surface area contributed by atoms with Crippen molar-refractivity contribution in [3.05, 3.63) is 17.9 Å². The summed E-state index contributed by atoms with van der Waals surface area (Å²) < 4.78 is 0. The van der Waals surface area contributed by atoms with E-state index in [1.807, 2.05) is 0 Å². The molecule has 0 heterocycles. The molecule has 1 aliphatic carbocycles. The molecule has 0 N–H and O–H groups in total. The Balaban J connectivity index is 2.25. The van der Waals surface area contributed by atoms with Crippen LogP contribution in [0.4, 0.5) is 0 Å². The molecule has 11 heavy (non-hydrogen) atoms. The number of hydrogen-bond donors (Lipinski definition) is 0. The van der Waals surface area contributed by atoms with Gasteiger partial charge < -0.3 is 0 Å². The zero-order valence-corrected chi connectivity index (χ0v) is 7.53. The van der Waals surface area contributed by atoms with E-state index in [-0.39, 0.29) is 0 Å². The van der Waals surface area contributed by atoms with Gasteiger partial charge in [-0.3, -0.25) is 0 Å². The van der Waals surface area contributed by atoms with Crippen LogP contribution in [-0.2, 0) is 0 Å². The van der Waals surface area contributed by atoms with Gasteiger partial charge in [-0.2, -0.15) is 0 Å². The lowest BCUT2D eigenvalue weighted by atomic mass is 10.0. The molecule has 1 fully saturated rings. The second-order valence-corrected chi connectivity index (χ2v) is 3.53. The molecule has 0 aliphatic heterocycles. The van der Waals surface area contributed by atoms with Crippen molar-refractivity contribution in [1.82, 2.24) is 0 Å². The molecule has 0 amide bonds. The highest BCUT2D eigenvalue weighted by molar-refractivity contribution is 5.05. The Morgan fingerprint density at radius 3 is 3.00 bits per heavy atom. The van der Waals surface area contributed by atoms with E-state index in [2.05, 4.69) is 19.2 Å². The van der Waals surface area contributed by atoms with Crippen molar-refractivity contribution in [2.45, 2.75) is 45.4 Å². The first-order valence-electron chi connectivity index (χ1n) is 4.74. The predicted molar refractivity (Wildman–Crippen MR) is 49.5 cm³/mol. The summed E-state index contributed by atoms with van der Waals surface area (Å²) in [5.41, 5.74) is 4.50. The third kappa shape index (κ3) is 2.55. The summed E-state index contributed by atoms with van der Waals surface area (Å²) in [7, 11) is 0. The van der Waals surface area contributed by atoms with E-state index in [0.29, 0.717) is 0 Å². The summed E-state index contributed by atoms with van der Waals surface area (Å²) in [4.78, 5) is 0. The smallest absolute Gasteiger partial charge is 0.0215 e. The standard InChI is InChI=1S/C11H18/c1-3-5-6-11-8-7-10(4-2)9-11/h11H,2-3,5-9H2,1H3. The predicted octanol–water partition coefficient (Wildman–Crippen LogP) is 3.69. The first-order valence-corrected chi connectivity index (χ1v) is 4.74. The molecule has 1 atom stereocenters. The SMILES string of the molecule is C=C=C1CCC(CCCC)C1. The molecular formula is C11H18. The van der Waals surface area contributed by atoms with Gasteiger partial charge >= 0.3 is 0 Å². The molecule has 1 unspecified atom stereocenters. The quantitative estimate of drug-likeness (QED) is 0.538. The first kappa shape index (κ1) is 8.62. The highest BCUT2D eigenvalue weighted by atomic mass is 14.2. The van der Waals surface area contributed by atoms with Gasteiger partial charge in [0.25, 0.3) is 0 Å². The van der Waals surface area contributed by atoms with Crippen LogP contribution in [-0.4, -0.2) is 0 Å². The Labute approximate surface area is 70.0 Å². The van der Waals surface area contributed by atoms with Crippen LogP contribution in [0.25, 0.3) is 0 Å². The van der Waals surface area contributed by atoms with Crippen LogP contribution in [0.5, 0.6) is 0 Å². The third-order valence-corrected chi connectivity index (χ3v) is 2.61. The molecule has 1 aliphatic rings. The lowest BCUT2D eigenvalue weighted by molar-refractivity contribution is 0.486. The van der Waals surface area contributed by atoms with Crippen LogP contribution in [0.2, 0.25) is 0 Å². The maximum Gasteiger partial charge on any atom is -0.0215 e. The van der Waals surface area contributed by atoms with E-state index in [1.54, 1.807) is 0 Å². The summed E-state index contributed by atoms with van der Waals surface area (Å²) in [5.74, 6) is 0.958. The first-order chi connectivity index (χ1) is 5.36. The second-order valence-electron chi connectivity index (χ2n) is 3.53. The topological polar surface area (TPSA) is 0 Å². The summed E-state index contributed by atoms with van der Waals surface area (Å²) >= 11 is 0. The van der Waals surface area contributed by atoms with Gasteiger partial charge in [0.05, 0.1) is 0 Å². The molecule has 0 heteroatoms. The van der Waals surface area contributed by atoms with Gasteiger partial charge in [-0.05, 0) is 30.8 Å². The molecular weight excluding hydrogens is 132 g/mol. The van der Waals surface area contributed by atoms with Crippen molar-refractivity contribution in [3.8, 4) is 0 Å². The highest BCUT2D eigenvalue weighted by Crippen LogP contribution is 2.32. The number of hydrogen-bond acceptors (Lipinski definition) is 0. The van der Waals surface area contributed by atoms with Gasteiger partial charge in [-0.1, -0.05) is 32.8 Å². The summed E-state index contributed by atoms with van der Waals surface area (Å²) in [6.07, 6.45) is 8.08. The maximum atomic E-state index is 3.70. The largest absolute Gasteiger partial charge is 0.130 e. The Bertz CT molecular complexity index is 161. The Kier molecular flexibility index (Phi) is 3.45. The van der Waals surface area contributed by atoms with Crippen LogP contribution < -0.4 is 0 Å². The molecule has 0 saturated heterocycles. The average molecular weight is 150 g/mol. The van der Waals surface area contributed by atoms with E-state index in [1.165, 1.54) is 44.1 Å². The summed E-state index contributed by atoms with van der Waals surface area (Å²) in [6.45, 7) is 5.96. The van der Waals surface area contributed by atoms with Gasteiger partial charge in [0.2, 0.25) is 0 Å². The molecule has 0 nitrogen and oxygen atoms in total. The third-order valence-electron chi connectivity index (χ3n) is 2.61. The van der Waals surface area contributed by atoms with Crippen LogP contribution in [0.15, 0.2) is 17.9 Å². The molecule has 1 rings (SSSR count). The molecule has 1 saturated carbocycles. The zero-order chi connectivity index (χ0) is 8.10. The second kappa shape index (κ2) is 4.41. The molecule has 62 valence electrons. The Hall–Kier alpha value is -0.480. The summed E-state index contributed by atoms with van der Waals surface area (Å²) in [6, 6.07) is 0. The number of unbranched alkanes of at least 4 members (excludes halogenated alkanes) is 1. The van der Waals surface area contributed by atoms with E-state index < -0.39 is 0 Å². The fraction of sp³-hybridized carbons (Fsp3) is 0.727. The fourth-order valence-corrected chi connectivity index (χ4v) is 1.83. The van der Waals surface area contributed by atoms with Gasteiger partial charge in [0, 0.05) is 0 Å². The summed E-state index contributed by atoms with van der Waals surface area (Å²) in [5, 5.41) is 0. The zero-order valence-electron chi connectivity index (χ0n) is 7.53. The van der Waals surface area contributed by atoms with Gasteiger partial charge in [-0.15, -0.1) is 5.73 Å². The van der Waals surface area contributed by atoms with Crippen LogP contribution >= 0.6 is 0 Å². The lowest BCUT2D eigenvalue weighted by Gasteiger charge is -2.05. The molecule has 0 bridgehead atoms. The monoisotopic (exact) mass is 150 g/mol. The van der Waals surface area contributed by atoms with Gasteiger partial charge in [-0.25, -0.2) is 0 Å². The molecule has 0 aromatic heterocycles. The molecule has 0 aromatic carbocycles. The minimum absolute atomic E-state index is 0.958. The maximum absolute atomic E-state index is 3.70. The van der Waals surface area contributed by atoms with Crippen LogP contribution in [0.1, 0.15) is 45.4 Å². The average Bonchev–Trinajstić information content (AvgIpc) is 2.48. The van der Waals surface area contributed by atoms with Crippen LogP contribution in [0, 0.1) is 5.92 Å². The molecule has 0 radical (unpaired) electrons. The van der Waals surface area contributed by atoms with Crippen molar-refractivity contribution in [2.75, 3.05) is 0 Å². The van der Waals surface area contributed by atoms with E-state index in [0.717, 1.165) is 5.92 Å². The van der Waals surface area contributed by atoms with Crippen molar-refractivity contribution in [1.29, 1.82) is 0 Å². The van der Waals surface area contributed by atoms with Crippen LogP contribution in [0.3, 0.4) is 0 Å². The van der Waals surface area contributed by atoms with Crippen molar-refractivity contribution >= 4 is 0 Å².